The van der Waals surface area contributed by atoms with Gasteiger partial charge in [-0.1, -0.05) is 46.6 Å². The molecule has 1 aromatic heterocycles. The summed E-state index contributed by atoms with van der Waals surface area (Å²) in [5, 5.41) is 0. The second kappa shape index (κ2) is 14.2. The third-order valence-electron chi connectivity index (χ3n) is 6.67. The summed E-state index contributed by atoms with van der Waals surface area (Å²) < 4.78 is 30.3. The van der Waals surface area contributed by atoms with Crippen LogP contribution in [0.3, 0.4) is 0 Å². The summed E-state index contributed by atoms with van der Waals surface area (Å²) in [7, 11) is 0. The zero-order valence-corrected chi connectivity index (χ0v) is 22.9. The number of amides is 1. The number of rotatable bonds is 15. The minimum Gasteiger partial charge on any atom is -0.331 e. The number of fused-ring (bicyclic) bond motifs is 1. The SMILES string of the molecule is CCCCN(CCCC)Cc1ccc2c(c1)nc(CN(CCC)C(=O)c1cc(F)ccc1F)n2CCC. The van der Waals surface area contributed by atoms with E-state index in [9.17, 15) is 13.6 Å². The Labute approximate surface area is 220 Å². The third kappa shape index (κ3) is 7.60. The van der Waals surface area contributed by atoms with E-state index in [1.807, 2.05) is 6.92 Å². The molecule has 3 rings (SSSR count). The van der Waals surface area contributed by atoms with Crippen LogP contribution >= 0.6 is 0 Å². The molecular formula is C30H42F2N4O. The molecule has 0 aliphatic rings. The summed E-state index contributed by atoms with van der Waals surface area (Å²) in [6.07, 6.45) is 6.36. The number of hydrogen-bond donors (Lipinski definition) is 0. The van der Waals surface area contributed by atoms with Gasteiger partial charge in [-0.05, 0) is 74.7 Å². The fraction of sp³-hybridized carbons (Fsp3) is 0.533. The highest BCUT2D eigenvalue weighted by molar-refractivity contribution is 5.94. The maximum Gasteiger partial charge on any atom is 0.257 e. The van der Waals surface area contributed by atoms with Crippen LogP contribution in [0.1, 0.15) is 88.0 Å². The standard InChI is InChI=1S/C30H42F2N4O/c1-5-9-17-34(18-10-6-2)21-23-11-14-28-27(19-23)33-29(36(28)16-8-4)22-35(15-7-3)30(37)25-20-24(31)12-13-26(25)32/h11-14,19-20H,5-10,15-18,21-22H2,1-4H3. The number of unbranched alkanes of at least 4 members (excludes halogenated alkanes) is 2. The molecule has 0 unspecified atom stereocenters. The minimum absolute atomic E-state index is 0.242. The number of imidazole rings is 1. The van der Waals surface area contributed by atoms with Crippen molar-refractivity contribution in [2.75, 3.05) is 19.6 Å². The van der Waals surface area contributed by atoms with Crippen molar-refractivity contribution in [1.29, 1.82) is 0 Å². The highest BCUT2D eigenvalue weighted by Crippen LogP contribution is 2.22. The number of nitrogens with zero attached hydrogens (tertiary/aromatic N) is 4. The van der Waals surface area contributed by atoms with Crippen LogP contribution in [-0.4, -0.2) is 44.9 Å². The molecular weight excluding hydrogens is 470 g/mol. The van der Waals surface area contributed by atoms with Crippen molar-refractivity contribution >= 4 is 16.9 Å². The van der Waals surface area contributed by atoms with Gasteiger partial charge in [-0.25, -0.2) is 13.8 Å². The summed E-state index contributed by atoms with van der Waals surface area (Å²) in [5.74, 6) is -1.09. The topological polar surface area (TPSA) is 41.4 Å². The minimum atomic E-state index is -0.713. The molecule has 0 spiro atoms. The molecule has 37 heavy (non-hydrogen) atoms. The summed E-state index contributed by atoms with van der Waals surface area (Å²) in [6.45, 7) is 13.0. The fourth-order valence-electron chi connectivity index (χ4n) is 4.73. The molecule has 7 heteroatoms. The van der Waals surface area contributed by atoms with E-state index >= 15 is 0 Å². The first-order valence-corrected chi connectivity index (χ1v) is 13.9. The largest absolute Gasteiger partial charge is 0.331 e. The monoisotopic (exact) mass is 512 g/mol. The second-order valence-corrected chi connectivity index (χ2v) is 9.84. The van der Waals surface area contributed by atoms with Crippen molar-refractivity contribution in [2.45, 2.75) is 85.9 Å². The van der Waals surface area contributed by atoms with E-state index in [-0.39, 0.29) is 12.1 Å². The lowest BCUT2D eigenvalue weighted by atomic mass is 10.1. The van der Waals surface area contributed by atoms with Crippen LogP contribution in [0.25, 0.3) is 11.0 Å². The molecule has 2 aromatic carbocycles. The van der Waals surface area contributed by atoms with Gasteiger partial charge in [0.05, 0.1) is 23.1 Å². The molecule has 0 aliphatic heterocycles. The summed E-state index contributed by atoms with van der Waals surface area (Å²) >= 11 is 0. The maximum atomic E-state index is 14.4. The van der Waals surface area contributed by atoms with Gasteiger partial charge in [0, 0.05) is 19.6 Å². The molecule has 1 heterocycles. The Morgan fingerprint density at radius 3 is 2.24 bits per heavy atom. The van der Waals surface area contributed by atoms with E-state index in [0.717, 1.165) is 67.7 Å². The van der Waals surface area contributed by atoms with Gasteiger partial charge in [0.1, 0.15) is 17.5 Å². The van der Waals surface area contributed by atoms with Crippen LogP contribution in [0.15, 0.2) is 36.4 Å². The lowest BCUT2D eigenvalue weighted by Gasteiger charge is -2.23. The van der Waals surface area contributed by atoms with Crippen LogP contribution in [0, 0.1) is 11.6 Å². The lowest BCUT2D eigenvalue weighted by Crippen LogP contribution is -2.33. The molecule has 202 valence electrons. The predicted octanol–water partition coefficient (Wildman–Crippen LogP) is 7.18. The molecule has 0 atom stereocenters. The van der Waals surface area contributed by atoms with Crippen molar-refractivity contribution in [3.05, 3.63) is 65.0 Å². The number of carbonyl (C=O) groups is 1. The van der Waals surface area contributed by atoms with Gasteiger partial charge in [0.15, 0.2) is 0 Å². The molecule has 0 aliphatic carbocycles. The molecule has 3 aromatic rings. The normalized spacial score (nSPS) is 11.5. The van der Waals surface area contributed by atoms with Gasteiger partial charge >= 0.3 is 0 Å². The molecule has 5 nitrogen and oxygen atoms in total. The second-order valence-electron chi connectivity index (χ2n) is 9.84. The first-order valence-electron chi connectivity index (χ1n) is 13.9. The van der Waals surface area contributed by atoms with E-state index in [0.29, 0.717) is 13.0 Å². The Morgan fingerprint density at radius 2 is 1.59 bits per heavy atom. The number of aromatic nitrogens is 2. The van der Waals surface area contributed by atoms with Gasteiger partial charge in [0.25, 0.3) is 5.91 Å². The van der Waals surface area contributed by atoms with Crippen molar-refractivity contribution in [1.82, 2.24) is 19.4 Å². The number of halogens is 2. The first-order chi connectivity index (χ1) is 17.9. The van der Waals surface area contributed by atoms with Gasteiger partial charge in [-0.2, -0.15) is 0 Å². The Kier molecular flexibility index (Phi) is 11.1. The van der Waals surface area contributed by atoms with Crippen molar-refractivity contribution < 1.29 is 13.6 Å². The molecule has 0 saturated carbocycles. The fourth-order valence-corrected chi connectivity index (χ4v) is 4.73. The van der Waals surface area contributed by atoms with E-state index in [1.54, 1.807) is 4.90 Å². The Bertz CT molecular complexity index is 1150. The van der Waals surface area contributed by atoms with Crippen LogP contribution in [0.5, 0.6) is 0 Å². The van der Waals surface area contributed by atoms with Crippen molar-refractivity contribution in [2.24, 2.45) is 0 Å². The number of benzene rings is 2. The van der Waals surface area contributed by atoms with Crippen LogP contribution < -0.4 is 0 Å². The Balaban J connectivity index is 1.90. The summed E-state index contributed by atoms with van der Waals surface area (Å²) in [6, 6.07) is 9.48. The average molecular weight is 513 g/mol. The number of aryl methyl sites for hydroxylation is 1. The maximum absolute atomic E-state index is 14.4. The van der Waals surface area contributed by atoms with Gasteiger partial charge in [-0.15, -0.1) is 0 Å². The van der Waals surface area contributed by atoms with Crippen molar-refractivity contribution in [3.63, 3.8) is 0 Å². The average Bonchev–Trinajstić information content (AvgIpc) is 3.22. The number of carbonyl (C=O) groups excluding carboxylic acids is 1. The van der Waals surface area contributed by atoms with Gasteiger partial charge in [0.2, 0.25) is 0 Å². The lowest BCUT2D eigenvalue weighted by molar-refractivity contribution is 0.0732. The molecule has 0 radical (unpaired) electrons. The summed E-state index contributed by atoms with van der Waals surface area (Å²) in [4.78, 5) is 22.3. The van der Waals surface area contributed by atoms with Crippen LogP contribution in [0.4, 0.5) is 8.78 Å². The van der Waals surface area contributed by atoms with E-state index in [4.69, 9.17) is 4.98 Å². The van der Waals surface area contributed by atoms with Crippen LogP contribution in [0.2, 0.25) is 0 Å². The Hall–Kier alpha value is -2.80. The zero-order chi connectivity index (χ0) is 26.8. The molecule has 0 N–H and O–H groups in total. The molecule has 0 saturated heterocycles. The van der Waals surface area contributed by atoms with E-state index in [1.165, 1.54) is 31.2 Å². The van der Waals surface area contributed by atoms with Gasteiger partial charge in [-0.3, -0.25) is 9.69 Å². The van der Waals surface area contributed by atoms with Crippen molar-refractivity contribution in [3.8, 4) is 0 Å². The van der Waals surface area contributed by atoms with Crippen LogP contribution in [-0.2, 0) is 19.6 Å². The highest BCUT2D eigenvalue weighted by atomic mass is 19.1. The van der Waals surface area contributed by atoms with Gasteiger partial charge < -0.3 is 9.47 Å². The quantitative estimate of drug-likeness (QED) is 0.217. The zero-order valence-electron chi connectivity index (χ0n) is 22.9. The molecule has 0 fully saturated rings. The predicted molar refractivity (Wildman–Crippen MR) is 147 cm³/mol. The molecule has 1 amide bonds. The smallest absolute Gasteiger partial charge is 0.257 e. The first kappa shape index (κ1) is 28.8. The summed E-state index contributed by atoms with van der Waals surface area (Å²) in [5.41, 5.74) is 2.94. The molecule has 0 bridgehead atoms. The third-order valence-corrected chi connectivity index (χ3v) is 6.67. The van der Waals surface area contributed by atoms with E-state index in [2.05, 4.69) is 48.4 Å². The Morgan fingerprint density at radius 1 is 0.865 bits per heavy atom. The van der Waals surface area contributed by atoms with E-state index < -0.39 is 17.5 Å². The highest BCUT2D eigenvalue weighted by Gasteiger charge is 2.22. The number of hydrogen-bond acceptors (Lipinski definition) is 3.